The van der Waals surface area contributed by atoms with Crippen molar-refractivity contribution in [2.45, 2.75) is 0 Å². The van der Waals surface area contributed by atoms with Crippen LogP contribution in [0.15, 0.2) is 13.5 Å². The van der Waals surface area contributed by atoms with Gasteiger partial charge in [0.2, 0.25) is 0 Å². The van der Waals surface area contributed by atoms with Crippen LogP contribution in [0, 0.1) is 11.3 Å². The first kappa shape index (κ1) is 12.7. The molecule has 15 heavy (non-hydrogen) atoms. The number of aromatic nitrogens is 1. The van der Waals surface area contributed by atoms with Crippen molar-refractivity contribution in [3.8, 4) is 6.07 Å². The molecule has 4 nitrogen and oxygen atoms in total. The van der Waals surface area contributed by atoms with Gasteiger partial charge in [0.05, 0.1) is 8.95 Å². The predicted octanol–water partition coefficient (Wildman–Crippen LogP) is 3.18. The Bertz CT molecular complexity index is 459. The Morgan fingerprint density at radius 3 is 2.27 bits per heavy atom. The van der Waals surface area contributed by atoms with Gasteiger partial charge >= 0.3 is 6.03 Å². The topological polar surface area (TPSA) is 49.0 Å². The number of carbonyl (C=O) groups excluding carboxylic acids is 1. The first-order chi connectivity index (χ1) is 6.91. The maximum atomic E-state index is 11.8. The third-order valence-corrected chi connectivity index (χ3v) is 5.04. The van der Waals surface area contributed by atoms with Gasteiger partial charge in [0, 0.05) is 14.1 Å². The highest BCUT2D eigenvalue weighted by molar-refractivity contribution is 9.14. The molecule has 0 unspecified atom stereocenters. The summed E-state index contributed by atoms with van der Waals surface area (Å²) in [5.74, 6) is 0. The fraction of sp³-hybridized carbons (Fsp3) is 0.250. The number of nitrogens with zero attached hydrogens (tertiary/aromatic N) is 3. The smallest absolute Gasteiger partial charge is 0.329 e. The van der Waals surface area contributed by atoms with Gasteiger partial charge in [-0.05, 0) is 47.8 Å². The van der Waals surface area contributed by atoms with Crippen LogP contribution in [-0.2, 0) is 0 Å². The number of nitriles is 1. The summed E-state index contributed by atoms with van der Waals surface area (Å²) in [6.45, 7) is 0. The quantitative estimate of drug-likeness (QED) is 0.672. The summed E-state index contributed by atoms with van der Waals surface area (Å²) in [7, 11) is 3.25. The highest BCUT2D eigenvalue weighted by Crippen LogP contribution is 2.36. The van der Waals surface area contributed by atoms with Gasteiger partial charge in [-0.3, -0.25) is 0 Å². The van der Waals surface area contributed by atoms with E-state index in [0.717, 1.165) is 0 Å². The largest absolute Gasteiger partial charge is 0.330 e. The number of halogens is 3. The summed E-state index contributed by atoms with van der Waals surface area (Å²) < 4.78 is 3.01. The van der Waals surface area contributed by atoms with E-state index in [1.165, 1.54) is 9.47 Å². The van der Waals surface area contributed by atoms with Crippen LogP contribution in [0.1, 0.15) is 5.69 Å². The van der Waals surface area contributed by atoms with E-state index in [1.807, 2.05) is 6.07 Å². The van der Waals surface area contributed by atoms with E-state index < -0.39 is 0 Å². The number of hydrogen-bond donors (Lipinski definition) is 0. The zero-order valence-electron chi connectivity index (χ0n) is 7.88. The fourth-order valence-corrected chi connectivity index (χ4v) is 2.58. The Hall–Kier alpha value is -0.320. The lowest BCUT2D eigenvalue weighted by atomic mass is 10.5. The van der Waals surface area contributed by atoms with Crippen molar-refractivity contribution >= 4 is 53.8 Å². The molecule has 0 atom stereocenters. The molecular formula is C8H6Br3N3O. The molecule has 1 amide bonds. The molecule has 0 fully saturated rings. The second-order valence-corrected chi connectivity index (χ2v) is 5.23. The average Bonchev–Trinajstić information content (AvgIpc) is 2.41. The van der Waals surface area contributed by atoms with Crippen LogP contribution >= 0.6 is 47.8 Å². The molecule has 0 aliphatic rings. The zero-order chi connectivity index (χ0) is 11.7. The van der Waals surface area contributed by atoms with Gasteiger partial charge in [0.1, 0.15) is 16.4 Å². The first-order valence-electron chi connectivity index (χ1n) is 3.78. The zero-order valence-corrected chi connectivity index (χ0v) is 12.6. The van der Waals surface area contributed by atoms with Gasteiger partial charge in [-0.2, -0.15) is 5.26 Å². The van der Waals surface area contributed by atoms with Gasteiger partial charge in [-0.15, -0.1) is 0 Å². The Labute approximate surface area is 112 Å². The van der Waals surface area contributed by atoms with Crippen LogP contribution < -0.4 is 0 Å². The van der Waals surface area contributed by atoms with Crippen molar-refractivity contribution in [3.63, 3.8) is 0 Å². The Morgan fingerprint density at radius 1 is 1.33 bits per heavy atom. The Balaban J connectivity index is 3.49. The minimum absolute atomic E-state index is 0.257. The predicted molar refractivity (Wildman–Crippen MR) is 66.7 cm³/mol. The van der Waals surface area contributed by atoms with Gasteiger partial charge in [-0.25, -0.2) is 9.36 Å². The van der Waals surface area contributed by atoms with E-state index in [0.29, 0.717) is 13.5 Å². The van der Waals surface area contributed by atoms with Crippen molar-refractivity contribution in [2.24, 2.45) is 0 Å². The summed E-state index contributed by atoms with van der Waals surface area (Å²) in [4.78, 5) is 13.2. The minimum atomic E-state index is -0.287. The van der Waals surface area contributed by atoms with Gasteiger partial charge in [-0.1, -0.05) is 0 Å². The van der Waals surface area contributed by atoms with Crippen LogP contribution in [0.2, 0.25) is 0 Å². The molecule has 80 valence electrons. The van der Waals surface area contributed by atoms with Crippen molar-refractivity contribution < 1.29 is 4.79 Å². The molecule has 0 spiro atoms. The lowest BCUT2D eigenvalue weighted by Crippen LogP contribution is -2.28. The minimum Gasteiger partial charge on any atom is -0.330 e. The number of rotatable bonds is 0. The van der Waals surface area contributed by atoms with E-state index in [1.54, 1.807) is 14.1 Å². The fourth-order valence-electron chi connectivity index (χ4n) is 0.968. The van der Waals surface area contributed by atoms with Gasteiger partial charge in [0.25, 0.3) is 0 Å². The molecule has 0 saturated carbocycles. The highest BCUT2D eigenvalue weighted by Gasteiger charge is 2.23. The molecule has 0 aromatic carbocycles. The second-order valence-electron chi connectivity index (χ2n) is 2.89. The second kappa shape index (κ2) is 4.68. The molecule has 1 aromatic heterocycles. The standard InChI is InChI=1S/C8H6Br3N3O/c1-13(2)8(15)14-4(3-12)5(9)6(10)7(14)11/h1-2H3. The maximum absolute atomic E-state index is 11.8. The van der Waals surface area contributed by atoms with Crippen molar-refractivity contribution in [2.75, 3.05) is 14.1 Å². The Kier molecular flexibility index (Phi) is 3.98. The maximum Gasteiger partial charge on any atom is 0.329 e. The third kappa shape index (κ3) is 2.12. The average molecular weight is 400 g/mol. The molecule has 1 rings (SSSR count). The molecule has 0 N–H and O–H groups in total. The summed E-state index contributed by atoms with van der Waals surface area (Å²) in [5, 5.41) is 8.95. The molecule has 1 heterocycles. The summed E-state index contributed by atoms with van der Waals surface area (Å²) in [6, 6.07) is 1.68. The Morgan fingerprint density at radius 2 is 1.87 bits per heavy atom. The van der Waals surface area contributed by atoms with Crippen LogP contribution in [-0.4, -0.2) is 29.6 Å². The summed E-state index contributed by atoms with van der Waals surface area (Å²) >= 11 is 9.76. The highest BCUT2D eigenvalue weighted by atomic mass is 79.9. The van der Waals surface area contributed by atoms with Crippen molar-refractivity contribution in [1.29, 1.82) is 5.26 Å². The van der Waals surface area contributed by atoms with E-state index in [-0.39, 0.29) is 11.7 Å². The van der Waals surface area contributed by atoms with E-state index in [9.17, 15) is 4.79 Å². The molecular weight excluding hydrogens is 394 g/mol. The van der Waals surface area contributed by atoms with Gasteiger partial charge in [0.15, 0.2) is 0 Å². The van der Waals surface area contributed by atoms with Crippen molar-refractivity contribution in [3.05, 3.63) is 19.2 Å². The lowest BCUT2D eigenvalue weighted by molar-refractivity contribution is 0.218. The molecule has 0 aliphatic carbocycles. The monoisotopic (exact) mass is 397 g/mol. The molecule has 0 saturated heterocycles. The number of hydrogen-bond acceptors (Lipinski definition) is 2. The van der Waals surface area contributed by atoms with Crippen LogP contribution in [0.25, 0.3) is 0 Å². The molecule has 7 heteroatoms. The van der Waals surface area contributed by atoms with Crippen LogP contribution in [0.5, 0.6) is 0 Å². The number of amides is 1. The lowest BCUT2D eigenvalue weighted by Gasteiger charge is -2.12. The number of carbonyl (C=O) groups is 1. The van der Waals surface area contributed by atoms with E-state index in [2.05, 4.69) is 47.8 Å². The summed E-state index contributed by atoms with van der Waals surface area (Å²) in [5.41, 5.74) is 0.257. The van der Waals surface area contributed by atoms with Gasteiger partial charge < -0.3 is 4.90 Å². The SMILES string of the molecule is CN(C)C(=O)n1c(Br)c(Br)c(Br)c1C#N. The third-order valence-electron chi connectivity index (χ3n) is 1.68. The van der Waals surface area contributed by atoms with Crippen LogP contribution in [0.4, 0.5) is 4.79 Å². The molecule has 0 bridgehead atoms. The van der Waals surface area contributed by atoms with Crippen LogP contribution in [0.3, 0.4) is 0 Å². The van der Waals surface area contributed by atoms with E-state index in [4.69, 9.17) is 5.26 Å². The molecule has 0 aliphatic heterocycles. The summed E-state index contributed by atoms with van der Waals surface area (Å²) in [6.07, 6.45) is 0. The first-order valence-corrected chi connectivity index (χ1v) is 6.16. The molecule has 1 aromatic rings. The van der Waals surface area contributed by atoms with E-state index >= 15 is 0 Å². The molecule has 0 radical (unpaired) electrons. The van der Waals surface area contributed by atoms with Crippen molar-refractivity contribution in [1.82, 2.24) is 9.47 Å². The normalized spacial score (nSPS) is 9.87.